The normalized spacial score (nSPS) is 18.8. The average molecular weight is 480 g/mol. The van der Waals surface area contributed by atoms with Crippen LogP contribution < -0.4 is 4.74 Å². The molecule has 178 valence electrons. The zero-order valence-electron chi connectivity index (χ0n) is 19.1. The summed E-state index contributed by atoms with van der Waals surface area (Å²) in [6.45, 7) is 1.05. The Kier molecular flexibility index (Phi) is 6.99. The van der Waals surface area contributed by atoms with Crippen LogP contribution in [-0.2, 0) is 11.4 Å². The van der Waals surface area contributed by atoms with Crippen LogP contribution in [0.5, 0.6) is 5.75 Å². The molecule has 1 aliphatic carbocycles. The van der Waals surface area contributed by atoms with E-state index >= 15 is 0 Å². The molecular weight excluding hydrogens is 450 g/mol. The van der Waals surface area contributed by atoms with Crippen LogP contribution >= 0.6 is 11.3 Å². The summed E-state index contributed by atoms with van der Waals surface area (Å²) >= 11 is 1.40. The Balaban J connectivity index is 1.24. The number of benzene rings is 1. The maximum absolute atomic E-state index is 13.1. The topological polar surface area (TPSA) is 101 Å². The van der Waals surface area contributed by atoms with Gasteiger partial charge in [0.05, 0.1) is 10.9 Å². The third-order valence-corrected chi connectivity index (χ3v) is 7.84. The van der Waals surface area contributed by atoms with E-state index in [1.165, 1.54) is 43.4 Å². The number of thiazole rings is 1. The Labute approximate surface area is 202 Å². The molecule has 2 fully saturated rings. The maximum Gasteiger partial charge on any atom is 0.223 e. The van der Waals surface area contributed by atoms with Crippen molar-refractivity contribution >= 4 is 23.0 Å². The van der Waals surface area contributed by atoms with Crippen molar-refractivity contribution in [2.75, 3.05) is 6.54 Å². The largest absolute Gasteiger partial charge is 0.487 e. The molecule has 1 saturated carbocycles. The van der Waals surface area contributed by atoms with E-state index in [-0.39, 0.29) is 24.3 Å². The number of nitrogens with zero attached hydrogens (tertiary/aromatic N) is 4. The van der Waals surface area contributed by atoms with Crippen LogP contribution in [0.3, 0.4) is 0 Å². The zero-order valence-corrected chi connectivity index (χ0v) is 19.9. The minimum absolute atomic E-state index is 0.0141. The second-order valence-corrected chi connectivity index (χ2v) is 10.2. The average Bonchev–Trinajstić information content (AvgIpc) is 3.64. The first-order valence-electron chi connectivity index (χ1n) is 12.1. The van der Waals surface area contributed by atoms with E-state index in [0.717, 1.165) is 24.4 Å². The fourth-order valence-electron chi connectivity index (χ4n) is 4.95. The first kappa shape index (κ1) is 22.7. The van der Waals surface area contributed by atoms with Crippen LogP contribution in [0, 0.1) is 5.92 Å². The monoisotopic (exact) mass is 479 g/mol. The van der Waals surface area contributed by atoms with E-state index in [4.69, 9.17) is 4.74 Å². The number of nitrogens with one attached hydrogen (secondary N) is 1. The number of carbonyl (C=O) groups excluding carboxylic acids is 2. The standard InChI is InChI=1S/C25H29N5O3S/c31-23(12-17-6-2-1-3-7-17)30-11-5-10-21(30)25-26-15-22(34-25)24(32)18-8-4-9-20(13-18)33-16-19-14-27-29-28-19/h4,8-9,13-15,17,21H,1-3,5-7,10-12,16H2,(H,27,28,29)/t21-/m0/s1. The molecule has 1 aliphatic heterocycles. The minimum atomic E-state index is -0.0892. The fourth-order valence-corrected chi connectivity index (χ4v) is 5.97. The van der Waals surface area contributed by atoms with Crippen molar-refractivity contribution in [3.05, 3.63) is 57.8 Å². The highest BCUT2D eigenvalue weighted by molar-refractivity contribution is 7.13. The summed E-state index contributed by atoms with van der Waals surface area (Å²) in [4.78, 5) is 33.3. The number of H-pyrrole nitrogens is 1. The Hall–Kier alpha value is -3.07. The fraction of sp³-hybridized carbons (Fsp3) is 0.480. The molecule has 9 heteroatoms. The molecule has 0 radical (unpaired) electrons. The Morgan fingerprint density at radius 3 is 2.85 bits per heavy atom. The molecular formula is C25H29N5O3S. The number of carbonyl (C=O) groups is 2. The van der Waals surface area contributed by atoms with Crippen LogP contribution in [-0.4, -0.2) is 43.5 Å². The summed E-state index contributed by atoms with van der Waals surface area (Å²) in [5.74, 6) is 1.27. The van der Waals surface area contributed by atoms with E-state index in [2.05, 4.69) is 20.4 Å². The van der Waals surface area contributed by atoms with Gasteiger partial charge in [0, 0.05) is 30.9 Å². The Bertz CT molecular complexity index is 1120. The molecule has 1 amide bonds. The summed E-state index contributed by atoms with van der Waals surface area (Å²) in [7, 11) is 0. The molecule has 3 heterocycles. The molecule has 5 rings (SSSR count). The summed E-state index contributed by atoms with van der Waals surface area (Å²) in [6, 6.07) is 7.11. The summed E-state index contributed by atoms with van der Waals surface area (Å²) in [5, 5.41) is 11.1. The van der Waals surface area contributed by atoms with Gasteiger partial charge in [0.25, 0.3) is 0 Å². The first-order valence-corrected chi connectivity index (χ1v) is 12.9. The highest BCUT2D eigenvalue weighted by atomic mass is 32.1. The summed E-state index contributed by atoms with van der Waals surface area (Å²) in [6.07, 6.45) is 12.0. The van der Waals surface area contributed by atoms with Gasteiger partial charge in [0.15, 0.2) is 0 Å². The first-order chi connectivity index (χ1) is 16.7. The van der Waals surface area contributed by atoms with E-state index in [9.17, 15) is 9.59 Å². The van der Waals surface area contributed by atoms with Crippen LogP contribution in [0.2, 0.25) is 0 Å². The van der Waals surface area contributed by atoms with E-state index in [1.807, 2.05) is 11.0 Å². The van der Waals surface area contributed by atoms with Crippen molar-refractivity contribution < 1.29 is 14.3 Å². The number of aromatic nitrogens is 4. The van der Waals surface area contributed by atoms with Gasteiger partial charge < -0.3 is 9.64 Å². The van der Waals surface area contributed by atoms with Crippen LogP contribution in [0.25, 0.3) is 0 Å². The van der Waals surface area contributed by atoms with Crippen molar-refractivity contribution in [3.63, 3.8) is 0 Å². The van der Waals surface area contributed by atoms with Gasteiger partial charge in [-0.25, -0.2) is 4.98 Å². The molecule has 3 aromatic rings. The molecule has 1 N–H and O–H groups in total. The molecule has 1 aromatic carbocycles. The summed E-state index contributed by atoms with van der Waals surface area (Å²) in [5.41, 5.74) is 1.23. The van der Waals surface area contributed by atoms with Gasteiger partial charge in [-0.3, -0.25) is 14.7 Å². The molecule has 1 saturated heterocycles. The second-order valence-electron chi connectivity index (χ2n) is 9.13. The van der Waals surface area contributed by atoms with E-state index < -0.39 is 0 Å². The van der Waals surface area contributed by atoms with E-state index in [1.54, 1.807) is 30.6 Å². The number of aromatic amines is 1. The lowest BCUT2D eigenvalue weighted by Crippen LogP contribution is -2.32. The van der Waals surface area contributed by atoms with Gasteiger partial charge >= 0.3 is 0 Å². The van der Waals surface area contributed by atoms with Crippen molar-refractivity contribution in [2.24, 2.45) is 5.92 Å². The molecule has 2 aromatic heterocycles. The Morgan fingerprint density at radius 2 is 2.03 bits per heavy atom. The SMILES string of the molecule is O=C(c1cccc(OCc2c[nH]nn2)c1)c1cnc([C@@H]2CCCN2C(=O)CC2CCCCC2)s1. The van der Waals surface area contributed by atoms with Crippen molar-refractivity contribution in [1.82, 2.24) is 25.3 Å². The number of hydrogen-bond acceptors (Lipinski definition) is 7. The third-order valence-electron chi connectivity index (χ3n) is 6.74. The van der Waals surface area contributed by atoms with Gasteiger partial charge in [-0.1, -0.05) is 36.6 Å². The molecule has 8 nitrogen and oxygen atoms in total. The molecule has 2 aliphatic rings. The maximum atomic E-state index is 13.1. The van der Waals surface area contributed by atoms with Crippen molar-refractivity contribution in [1.29, 1.82) is 0 Å². The number of rotatable bonds is 8. The van der Waals surface area contributed by atoms with Gasteiger partial charge in [0.1, 0.15) is 23.1 Å². The van der Waals surface area contributed by atoms with Gasteiger partial charge in [-0.2, -0.15) is 0 Å². The van der Waals surface area contributed by atoms with Crippen LogP contribution in [0.1, 0.15) is 83.3 Å². The molecule has 34 heavy (non-hydrogen) atoms. The van der Waals surface area contributed by atoms with Crippen molar-refractivity contribution in [2.45, 2.75) is 64.0 Å². The molecule has 1 atom stereocenters. The summed E-state index contributed by atoms with van der Waals surface area (Å²) < 4.78 is 5.74. The predicted octanol–water partition coefficient (Wildman–Crippen LogP) is 4.71. The predicted molar refractivity (Wildman–Crippen MR) is 128 cm³/mol. The Morgan fingerprint density at radius 1 is 1.15 bits per heavy atom. The molecule has 0 bridgehead atoms. The quantitative estimate of drug-likeness (QED) is 0.470. The lowest BCUT2D eigenvalue weighted by Gasteiger charge is -2.27. The second kappa shape index (κ2) is 10.5. The minimum Gasteiger partial charge on any atom is -0.487 e. The highest BCUT2D eigenvalue weighted by Gasteiger charge is 2.33. The van der Waals surface area contributed by atoms with Gasteiger partial charge in [-0.05, 0) is 43.7 Å². The highest BCUT2D eigenvalue weighted by Crippen LogP contribution is 2.37. The number of ketones is 1. The van der Waals surface area contributed by atoms with Crippen LogP contribution in [0.4, 0.5) is 0 Å². The lowest BCUT2D eigenvalue weighted by molar-refractivity contribution is -0.133. The van der Waals surface area contributed by atoms with Crippen LogP contribution in [0.15, 0.2) is 36.7 Å². The number of likely N-dealkylation sites (tertiary alicyclic amines) is 1. The lowest BCUT2D eigenvalue weighted by atomic mass is 9.86. The van der Waals surface area contributed by atoms with Crippen molar-refractivity contribution in [3.8, 4) is 5.75 Å². The van der Waals surface area contributed by atoms with Gasteiger partial charge in [-0.15, -0.1) is 16.4 Å². The third kappa shape index (κ3) is 5.19. The van der Waals surface area contributed by atoms with Gasteiger partial charge in [0.2, 0.25) is 11.7 Å². The molecule has 0 unspecified atom stereocenters. The number of amides is 1. The zero-order chi connectivity index (χ0) is 23.3. The number of hydrogen-bond donors (Lipinski definition) is 1. The van der Waals surface area contributed by atoms with E-state index in [0.29, 0.717) is 34.2 Å². The smallest absolute Gasteiger partial charge is 0.223 e. The number of ether oxygens (including phenoxy) is 1. The molecule has 0 spiro atoms.